The zero-order chi connectivity index (χ0) is 12.5. The molecule has 0 saturated heterocycles. The van der Waals surface area contributed by atoms with Gasteiger partial charge in [-0.05, 0) is 43.0 Å². The first kappa shape index (κ1) is 11.2. The first-order chi connectivity index (χ1) is 8.72. The molecule has 1 amide bonds. The Morgan fingerprint density at radius 2 is 2.06 bits per heavy atom. The van der Waals surface area contributed by atoms with Crippen molar-refractivity contribution in [3.63, 3.8) is 0 Å². The molecule has 1 aliphatic heterocycles. The Bertz CT molecular complexity index is 494. The van der Waals surface area contributed by atoms with Crippen LogP contribution < -0.4 is 0 Å². The van der Waals surface area contributed by atoms with Gasteiger partial charge in [0.1, 0.15) is 12.5 Å². The summed E-state index contributed by atoms with van der Waals surface area (Å²) >= 11 is 0. The quantitative estimate of drug-likeness (QED) is 0.824. The lowest BCUT2D eigenvalue weighted by Crippen LogP contribution is -2.39. The van der Waals surface area contributed by atoms with Crippen LogP contribution in [0.1, 0.15) is 18.4 Å². The molecule has 0 atom stereocenters. The van der Waals surface area contributed by atoms with E-state index in [0.717, 1.165) is 6.54 Å². The molecule has 4 nitrogen and oxygen atoms in total. The zero-order valence-electron chi connectivity index (χ0n) is 9.80. The Morgan fingerprint density at radius 3 is 2.67 bits per heavy atom. The van der Waals surface area contributed by atoms with Crippen molar-refractivity contribution >= 4 is 12.0 Å². The molecular formula is C13H13FN2O2. The van der Waals surface area contributed by atoms with Gasteiger partial charge in [-0.25, -0.2) is 14.2 Å². The third-order valence-electron chi connectivity index (χ3n) is 3.09. The van der Waals surface area contributed by atoms with E-state index in [1.165, 1.54) is 25.0 Å². The molecule has 0 aromatic heterocycles. The number of rotatable bonds is 3. The van der Waals surface area contributed by atoms with Crippen molar-refractivity contribution in [3.8, 4) is 0 Å². The monoisotopic (exact) mass is 248 g/mol. The van der Waals surface area contributed by atoms with E-state index in [0.29, 0.717) is 18.2 Å². The molecule has 3 rings (SSSR count). The van der Waals surface area contributed by atoms with Crippen molar-refractivity contribution < 1.29 is 13.9 Å². The highest BCUT2D eigenvalue weighted by atomic mass is 19.1. The molecule has 1 saturated carbocycles. The molecule has 94 valence electrons. The second kappa shape index (κ2) is 4.40. The lowest BCUT2D eigenvalue weighted by molar-refractivity contribution is 0.139. The van der Waals surface area contributed by atoms with Gasteiger partial charge in [-0.15, -0.1) is 0 Å². The summed E-state index contributed by atoms with van der Waals surface area (Å²) in [5, 5.41) is 0. The fraction of sp³-hybridized carbons (Fsp3) is 0.385. The molecule has 0 unspecified atom stereocenters. The van der Waals surface area contributed by atoms with Crippen LogP contribution in [-0.2, 0) is 4.74 Å². The number of amides is 1. The third-order valence-corrected chi connectivity index (χ3v) is 3.09. The lowest BCUT2D eigenvalue weighted by Gasteiger charge is -2.24. The number of carbonyl (C=O) groups is 1. The van der Waals surface area contributed by atoms with Crippen LogP contribution in [0.5, 0.6) is 0 Å². The third kappa shape index (κ3) is 2.34. The van der Waals surface area contributed by atoms with E-state index in [-0.39, 0.29) is 17.8 Å². The van der Waals surface area contributed by atoms with Crippen molar-refractivity contribution in [1.82, 2.24) is 4.90 Å². The van der Waals surface area contributed by atoms with E-state index in [2.05, 4.69) is 4.99 Å². The highest BCUT2D eigenvalue weighted by molar-refractivity contribution is 6.01. The molecule has 18 heavy (non-hydrogen) atoms. The van der Waals surface area contributed by atoms with Crippen LogP contribution in [0.25, 0.3) is 0 Å². The largest absolute Gasteiger partial charge is 0.418 e. The number of ether oxygens (including phenoxy) is 1. The van der Waals surface area contributed by atoms with E-state index in [1.807, 2.05) is 0 Å². The maximum absolute atomic E-state index is 12.8. The fourth-order valence-electron chi connectivity index (χ4n) is 1.87. The molecule has 1 aliphatic carbocycles. The topological polar surface area (TPSA) is 41.9 Å². The molecule has 1 fully saturated rings. The SMILES string of the molecule is O=C1OC(c2ccc(F)cc2)=NCN1CC1CC1. The molecule has 0 spiro atoms. The molecule has 0 radical (unpaired) electrons. The maximum Gasteiger partial charge on any atom is 0.418 e. The second-order valence-corrected chi connectivity index (χ2v) is 4.65. The van der Waals surface area contributed by atoms with Gasteiger partial charge in [-0.2, -0.15) is 0 Å². The van der Waals surface area contributed by atoms with E-state index >= 15 is 0 Å². The molecule has 0 N–H and O–H groups in total. The Balaban J connectivity index is 1.72. The van der Waals surface area contributed by atoms with Crippen LogP contribution in [0.3, 0.4) is 0 Å². The summed E-state index contributed by atoms with van der Waals surface area (Å²) < 4.78 is 18.0. The summed E-state index contributed by atoms with van der Waals surface area (Å²) in [6.07, 6.45) is 1.99. The van der Waals surface area contributed by atoms with Gasteiger partial charge in [0.15, 0.2) is 0 Å². The van der Waals surface area contributed by atoms with Gasteiger partial charge in [-0.3, -0.25) is 4.90 Å². The van der Waals surface area contributed by atoms with Crippen LogP contribution in [0.4, 0.5) is 9.18 Å². The van der Waals surface area contributed by atoms with Gasteiger partial charge < -0.3 is 4.74 Å². The average molecular weight is 248 g/mol. The van der Waals surface area contributed by atoms with Gasteiger partial charge >= 0.3 is 6.09 Å². The van der Waals surface area contributed by atoms with Crippen LogP contribution in [0.2, 0.25) is 0 Å². The maximum atomic E-state index is 12.8. The normalized spacial score (nSPS) is 19.5. The predicted octanol–water partition coefficient (Wildman–Crippen LogP) is 2.39. The number of nitrogens with zero attached hydrogens (tertiary/aromatic N) is 2. The summed E-state index contributed by atoms with van der Waals surface area (Å²) in [5.41, 5.74) is 0.621. The van der Waals surface area contributed by atoms with Crippen LogP contribution in [0, 0.1) is 11.7 Å². The van der Waals surface area contributed by atoms with Crippen LogP contribution in [-0.4, -0.2) is 30.1 Å². The van der Waals surface area contributed by atoms with E-state index < -0.39 is 0 Å². The van der Waals surface area contributed by atoms with Gasteiger partial charge in [0.2, 0.25) is 5.90 Å². The summed E-state index contributed by atoms with van der Waals surface area (Å²) in [6, 6.07) is 5.75. The van der Waals surface area contributed by atoms with Gasteiger partial charge in [0.05, 0.1) is 0 Å². The lowest BCUT2D eigenvalue weighted by atomic mass is 10.2. The van der Waals surface area contributed by atoms with E-state index in [4.69, 9.17) is 4.74 Å². The predicted molar refractivity (Wildman–Crippen MR) is 63.7 cm³/mol. The minimum atomic E-state index is -0.365. The standard InChI is InChI=1S/C13H13FN2O2/c14-11-5-3-10(4-6-11)12-15-8-16(13(17)18-12)7-9-1-2-9/h3-6,9H,1-2,7-8H2. The van der Waals surface area contributed by atoms with Crippen molar-refractivity contribution in [2.75, 3.05) is 13.2 Å². The number of benzene rings is 1. The smallest absolute Gasteiger partial charge is 0.391 e. The minimum absolute atomic E-state index is 0.270. The second-order valence-electron chi connectivity index (χ2n) is 4.65. The van der Waals surface area contributed by atoms with Gasteiger partial charge in [0.25, 0.3) is 0 Å². The molecule has 5 heteroatoms. The number of carbonyl (C=O) groups excluding carboxylic acids is 1. The Kier molecular flexibility index (Phi) is 2.74. The van der Waals surface area contributed by atoms with Crippen molar-refractivity contribution in [3.05, 3.63) is 35.6 Å². The molecule has 1 aromatic carbocycles. The first-order valence-corrected chi connectivity index (χ1v) is 5.99. The highest BCUT2D eigenvalue weighted by Gasteiger charge is 2.30. The Morgan fingerprint density at radius 1 is 1.33 bits per heavy atom. The Labute approximate surface area is 104 Å². The number of cyclic esters (lactones) is 1. The fourth-order valence-corrected chi connectivity index (χ4v) is 1.87. The highest BCUT2D eigenvalue weighted by Crippen LogP contribution is 2.30. The number of hydrogen-bond acceptors (Lipinski definition) is 3. The summed E-state index contributed by atoms with van der Waals surface area (Å²) in [6.45, 7) is 1.04. The van der Waals surface area contributed by atoms with Crippen LogP contribution in [0.15, 0.2) is 29.3 Å². The first-order valence-electron chi connectivity index (χ1n) is 5.99. The van der Waals surface area contributed by atoms with Crippen molar-refractivity contribution in [2.24, 2.45) is 10.9 Å². The number of hydrogen-bond donors (Lipinski definition) is 0. The average Bonchev–Trinajstić information content (AvgIpc) is 3.17. The molecular weight excluding hydrogens is 235 g/mol. The van der Waals surface area contributed by atoms with Gasteiger partial charge in [0, 0.05) is 12.1 Å². The summed E-state index contributed by atoms with van der Waals surface area (Å²) in [5.74, 6) is 0.559. The van der Waals surface area contributed by atoms with E-state index in [1.54, 1.807) is 17.0 Å². The van der Waals surface area contributed by atoms with Gasteiger partial charge in [-0.1, -0.05) is 0 Å². The summed E-state index contributed by atoms with van der Waals surface area (Å²) in [4.78, 5) is 17.6. The number of aliphatic imine (C=N–C) groups is 1. The molecule has 2 aliphatic rings. The molecule has 1 aromatic rings. The van der Waals surface area contributed by atoms with E-state index in [9.17, 15) is 9.18 Å². The Hall–Kier alpha value is -1.91. The summed E-state index contributed by atoms with van der Waals surface area (Å²) in [7, 11) is 0. The minimum Gasteiger partial charge on any atom is -0.391 e. The van der Waals surface area contributed by atoms with Crippen LogP contribution >= 0.6 is 0 Å². The number of halogens is 1. The molecule has 0 bridgehead atoms. The zero-order valence-corrected chi connectivity index (χ0v) is 9.80. The molecule has 1 heterocycles. The van der Waals surface area contributed by atoms with Crippen molar-refractivity contribution in [1.29, 1.82) is 0 Å². The van der Waals surface area contributed by atoms with Crippen molar-refractivity contribution in [2.45, 2.75) is 12.8 Å².